The Kier molecular flexibility index (Phi) is 3.11. The number of nitrogens with two attached hydrogens (primary N) is 2. The lowest BCUT2D eigenvalue weighted by molar-refractivity contribution is 0.399. The van der Waals surface area contributed by atoms with Gasteiger partial charge in [0.2, 0.25) is 0 Å². The van der Waals surface area contributed by atoms with E-state index >= 15 is 0 Å². The molecule has 0 heterocycles. The topological polar surface area (TPSA) is 81.5 Å². The molecule has 0 aliphatic rings. The molecule has 0 spiro atoms. The smallest absolute Gasteiger partial charge is 0.127 e. The number of hydrogen-bond acceptors (Lipinski definition) is 4. The Balaban J connectivity index is 3.05. The van der Waals surface area contributed by atoms with Crippen LogP contribution in [0.4, 0.5) is 0 Å². The zero-order valence-electron chi connectivity index (χ0n) is 7.53. The minimum absolute atomic E-state index is 0.157. The van der Waals surface area contributed by atoms with Crippen LogP contribution in [0.25, 0.3) is 0 Å². The monoisotopic (exact) mass is 182 g/mol. The standard InChI is InChI=1S/C9H14N2O2/c1-13-9-4-6(12)2-3-7(9)8(11)5-10/h2-4,8,12H,5,10-11H2,1H3/t8-/m0/s1. The second kappa shape index (κ2) is 4.11. The van der Waals surface area contributed by atoms with Gasteiger partial charge in [-0.05, 0) is 6.07 Å². The predicted octanol–water partition coefficient (Wildman–Crippen LogP) is 0.359. The van der Waals surface area contributed by atoms with Gasteiger partial charge >= 0.3 is 0 Å². The molecular formula is C9H14N2O2. The Bertz CT molecular complexity index is 289. The number of methoxy groups -OCH3 is 1. The molecule has 0 saturated carbocycles. The van der Waals surface area contributed by atoms with E-state index in [9.17, 15) is 5.11 Å². The minimum Gasteiger partial charge on any atom is -0.508 e. The normalized spacial score (nSPS) is 12.5. The molecule has 1 aromatic carbocycles. The number of rotatable bonds is 3. The summed E-state index contributed by atoms with van der Waals surface area (Å²) in [5, 5.41) is 9.17. The van der Waals surface area contributed by atoms with Crippen LogP contribution in [0.3, 0.4) is 0 Å². The number of ether oxygens (including phenoxy) is 1. The number of benzene rings is 1. The fraction of sp³-hybridized carbons (Fsp3) is 0.333. The summed E-state index contributed by atoms with van der Waals surface area (Å²) in [4.78, 5) is 0. The zero-order valence-corrected chi connectivity index (χ0v) is 7.53. The molecule has 0 saturated heterocycles. The molecule has 4 heteroatoms. The van der Waals surface area contributed by atoms with Gasteiger partial charge in [-0.25, -0.2) is 0 Å². The molecule has 0 unspecified atom stereocenters. The van der Waals surface area contributed by atoms with E-state index in [1.54, 1.807) is 12.1 Å². The molecule has 0 aliphatic carbocycles. The van der Waals surface area contributed by atoms with Crippen LogP contribution >= 0.6 is 0 Å². The third-order valence-electron chi connectivity index (χ3n) is 1.87. The van der Waals surface area contributed by atoms with Crippen LogP contribution in [0.15, 0.2) is 18.2 Å². The van der Waals surface area contributed by atoms with E-state index in [0.29, 0.717) is 12.3 Å². The molecule has 0 aliphatic heterocycles. The first kappa shape index (κ1) is 9.83. The number of phenolic OH excluding ortho intramolecular Hbond substituents is 1. The summed E-state index contributed by atoms with van der Waals surface area (Å²) in [5.41, 5.74) is 12.0. The average Bonchev–Trinajstić information content (AvgIpc) is 2.16. The maximum atomic E-state index is 9.17. The van der Waals surface area contributed by atoms with Crippen molar-refractivity contribution in [3.63, 3.8) is 0 Å². The van der Waals surface area contributed by atoms with Crippen molar-refractivity contribution in [3.05, 3.63) is 23.8 Å². The summed E-state index contributed by atoms with van der Waals surface area (Å²) in [6, 6.07) is 4.54. The van der Waals surface area contributed by atoms with Gasteiger partial charge in [0.1, 0.15) is 11.5 Å². The van der Waals surface area contributed by atoms with Gasteiger partial charge in [-0.2, -0.15) is 0 Å². The van der Waals surface area contributed by atoms with Gasteiger partial charge < -0.3 is 21.3 Å². The van der Waals surface area contributed by atoms with Crippen molar-refractivity contribution in [3.8, 4) is 11.5 Å². The van der Waals surface area contributed by atoms with Crippen molar-refractivity contribution in [2.75, 3.05) is 13.7 Å². The molecule has 1 aromatic rings. The predicted molar refractivity (Wildman–Crippen MR) is 50.6 cm³/mol. The van der Waals surface area contributed by atoms with E-state index in [-0.39, 0.29) is 11.8 Å². The van der Waals surface area contributed by atoms with E-state index in [2.05, 4.69) is 0 Å². The van der Waals surface area contributed by atoms with Crippen molar-refractivity contribution in [1.29, 1.82) is 0 Å². The first-order chi connectivity index (χ1) is 6.19. The fourth-order valence-electron chi connectivity index (χ4n) is 1.13. The molecule has 0 aromatic heterocycles. The van der Waals surface area contributed by atoms with E-state index in [1.807, 2.05) is 0 Å². The average molecular weight is 182 g/mol. The van der Waals surface area contributed by atoms with Crippen LogP contribution in [0.2, 0.25) is 0 Å². The van der Waals surface area contributed by atoms with Crippen LogP contribution in [-0.2, 0) is 0 Å². The second-order valence-corrected chi connectivity index (χ2v) is 2.77. The van der Waals surface area contributed by atoms with Crippen molar-refractivity contribution in [2.45, 2.75) is 6.04 Å². The second-order valence-electron chi connectivity index (χ2n) is 2.77. The van der Waals surface area contributed by atoms with Gasteiger partial charge in [-0.15, -0.1) is 0 Å². The minimum atomic E-state index is -0.254. The first-order valence-electron chi connectivity index (χ1n) is 4.01. The number of phenols is 1. The van der Waals surface area contributed by atoms with Gasteiger partial charge in [-0.1, -0.05) is 6.07 Å². The number of hydrogen-bond donors (Lipinski definition) is 3. The third kappa shape index (κ3) is 2.11. The van der Waals surface area contributed by atoms with Crippen LogP contribution in [0, 0.1) is 0 Å². The number of aromatic hydroxyl groups is 1. The SMILES string of the molecule is COc1cc(O)ccc1[C@@H](N)CN. The van der Waals surface area contributed by atoms with Crippen molar-refractivity contribution in [1.82, 2.24) is 0 Å². The summed E-state index contributed by atoms with van der Waals surface area (Å²) in [6.07, 6.45) is 0. The Morgan fingerprint density at radius 2 is 2.23 bits per heavy atom. The van der Waals surface area contributed by atoms with Crippen LogP contribution in [0.5, 0.6) is 11.5 Å². The van der Waals surface area contributed by atoms with Gasteiger partial charge in [0.05, 0.1) is 7.11 Å². The Morgan fingerprint density at radius 3 is 2.77 bits per heavy atom. The molecule has 0 amide bonds. The molecule has 1 rings (SSSR count). The lowest BCUT2D eigenvalue weighted by Gasteiger charge is -2.13. The molecule has 5 N–H and O–H groups in total. The summed E-state index contributed by atoms with van der Waals surface area (Å²) < 4.78 is 5.05. The summed E-state index contributed by atoms with van der Waals surface area (Å²) in [5.74, 6) is 0.725. The Labute approximate surface area is 77.1 Å². The molecule has 4 nitrogen and oxygen atoms in total. The van der Waals surface area contributed by atoms with E-state index in [0.717, 1.165) is 5.56 Å². The molecule has 13 heavy (non-hydrogen) atoms. The highest BCUT2D eigenvalue weighted by molar-refractivity contribution is 5.41. The Hall–Kier alpha value is -1.26. The lowest BCUT2D eigenvalue weighted by Crippen LogP contribution is -2.21. The maximum Gasteiger partial charge on any atom is 0.127 e. The van der Waals surface area contributed by atoms with E-state index in [1.165, 1.54) is 13.2 Å². The van der Waals surface area contributed by atoms with Crippen LogP contribution in [0.1, 0.15) is 11.6 Å². The molecular weight excluding hydrogens is 168 g/mol. The lowest BCUT2D eigenvalue weighted by atomic mass is 10.1. The molecule has 72 valence electrons. The molecule has 0 radical (unpaired) electrons. The summed E-state index contributed by atoms with van der Waals surface area (Å²) in [7, 11) is 1.53. The highest BCUT2D eigenvalue weighted by Crippen LogP contribution is 2.27. The highest BCUT2D eigenvalue weighted by Gasteiger charge is 2.10. The van der Waals surface area contributed by atoms with Gasteiger partial charge in [-0.3, -0.25) is 0 Å². The van der Waals surface area contributed by atoms with Crippen LogP contribution < -0.4 is 16.2 Å². The van der Waals surface area contributed by atoms with Crippen molar-refractivity contribution < 1.29 is 9.84 Å². The van der Waals surface area contributed by atoms with Gasteiger partial charge in [0.25, 0.3) is 0 Å². The molecule has 0 bridgehead atoms. The first-order valence-corrected chi connectivity index (χ1v) is 4.01. The largest absolute Gasteiger partial charge is 0.508 e. The third-order valence-corrected chi connectivity index (χ3v) is 1.87. The fourth-order valence-corrected chi connectivity index (χ4v) is 1.13. The van der Waals surface area contributed by atoms with E-state index in [4.69, 9.17) is 16.2 Å². The molecule has 0 fully saturated rings. The van der Waals surface area contributed by atoms with Crippen molar-refractivity contribution >= 4 is 0 Å². The Morgan fingerprint density at radius 1 is 1.54 bits per heavy atom. The van der Waals surface area contributed by atoms with Crippen LogP contribution in [-0.4, -0.2) is 18.8 Å². The maximum absolute atomic E-state index is 9.17. The molecule has 1 atom stereocenters. The van der Waals surface area contributed by atoms with Crippen molar-refractivity contribution in [2.24, 2.45) is 11.5 Å². The van der Waals surface area contributed by atoms with E-state index < -0.39 is 0 Å². The highest BCUT2D eigenvalue weighted by atomic mass is 16.5. The zero-order chi connectivity index (χ0) is 9.84. The summed E-state index contributed by atoms with van der Waals surface area (Å²) in [6.45, 7) is 0.348. The quantitative estimate of drug-likeness (QED) is 0.630. The summed E-state index contributed by atoms with van der Waals surface area (Å²) >= 11 is 0. The van der Waals surface area contributed by atoms with Gasteiger partial charge in [0, 0.05) is 24.2 Å². The van der Waals surface area contributed by atoms with Gasteiger partial charge in [0.15, 0.2) is 0 Å².